The molecule has 0 saturated heterocycles. The van der Waals surface area contributed by atoms with Crippen molar-refractivity contribution < 1.29 is 25.2 Å². The normalized spacial score (nSPS) is 14.4. The Morgan fingerprint density at radius 3 is 2.62 bits per heavy atom. The van der Waals surface area contributed by atoms with Gasteiger partial charge in [-0.25, -0.2) is 9.78 Å². The Hall–Kier alpha value is -1.70. The Morgan fingerprint density at radius 1 is 1.50 bits per heavy atom. The number of aliphatic hydroxyl groups is 3. The monoisotopic (exact) mass is 228 g/mol. The number of nitrogens with two attached hydrogens (primary N) is 1. The first-order chi connectivity index (χ1) is 7.47. The van der Waals surface area contributed by atoms with Crippen LogP contribution >= 0.6 is 0 Å². The molecule has 7 heteroatoms. The van der Waals surface area contributed by atoms with Gasteiger partial charge in [0, 0.05) is 11.8 Å². The highest BCUT2D eigenvalue weighted by atomic mass is 16.4. The van der Waals surface area contributed by atoms with Crippen LogP contribution in [0.1, 0.15) is 22.0 Å². The molecule has 0 spiro atoms. The summed E-state index contributed by atoms with van der Waals surface area (Å²) in [5.74, 6) is -1.46. The van der Waals surface area contributed by atoms with Gasteiger partial charge < -0.3 is 26.2 Å². The van der Waals surface area contributed by atoms with Gasteiger partial charge in [-0.15, -0.1) is 0 Å². The molecule has 0 aliphatic rings. The lowest BCUT2D eigenvalue weighted by Crippen LogP contribution is -2.22. The molecule has 0 aliphatic carbocycles. The van der Waals surface area contributed by atoms with Crippen LogP contribution in [0.15, 0.2) is 12.3 Å². The molecule has 0 aliphatic heterocycles. The molecule has 0 radical (unpaired) electrons. The summed E-state index contributed by atoms with van der Waals surface area (Å²) in [5.41, 5.74) is 5.13. The zero-order valence-corrected chi connectivity index (χ0v) is 8.24. The van der Waals surface area contributed by atoms with Gasteiger partial charge in [-0.05, 0) is 6.07 Å². The molecule has 1 rings (SSSR count). The van der Waals surface area contributed by atoms with E-state index in [-0.39, 0.29) is 16.9 Å². The second-order valence-electron chi connectivity index (χ2n) is 3.20. The van der Waals surface area contributed by atoms with E-state index in [1.54, 1.807) is 0 Å². The van der Waals surface area contributed by atoms with Gasteiger partial charge in [-0.1, -0.05) is 0 Å². The Kier molecular flexibility index (Phi) is 3.78. The van der Waals surface area contributed by atoms with Gasteiger partial charge in [0.25, 0.3) is 0 Å². The second-order valence-corrected chi connectivity index (χ2v) is 3.20. The van der Waals surface area contributed by atoms with Gasteiger partial charge in [0.1, 0.15) is 23.6 Å². The van der Waals surface area contributed by atoms with Crippen LogP contribution in [0.2, 0.25) is 0 Å². The standard InChI is InChI=1S/C9H12N2O5/c10-8-5(9(15)16)1-4(2-11-8)7(14)6(13)3-12/h1-2,6-7,12-14H,3H2,(H2,10,11)(H,15,16). The van der Waals surface area contributed by atoms with Gasteiger partial charge in [0.2, 0.25) is 0 Å². The van der Waals surface area contributed by atoms with Crippen molar-refractivity contribution in [3.63, 3.8) is 0 Å². The summed E-state index contributed by atoms with van der Waals surface area (Å²) in [5, 5.41) is 36.1. The minimum atomic E-state index is -1.41. The summed E-state index contributed by atoms with van der Waals surface area (Å²) in [6, 6.07) is 1.11. The minimum absolute atomic E-state index is 0.0770. The van der Waals surface area contributed by atoms with Crippen molar-refractivity contribution >= 4 is 11.8 Å². The first kappa shape index (κ1) is 12.4. The zero-order chi connectivity index (χ0) is 12.3. The average Bonchev–Trinajstić information content (AvgIpc) is 2.27. The number of hydrogen-bond donors (Lipinski definition) is 5. The molecule has 0 fully saturated rings. The number of rotatable bonds is 4. The molecule has 6 N–H and O–H groups in total. The SMILES string of the molecule is Nc1ncc(C(O)C(O)CO)cc1C(=O)O. The maximum atomic E-state index is 10.7. The van der Waals surface area contributed by atoms with Crippen molar-refractivity contribution in [3.05, 3.63) is 23.4 Å². The fourth-order valence-corrected chi connectivity index (χ4v) is 1.15. The summed E-state index contributed by atoms with van der Waals surface area (Å²) >= 11 is 0. The van der Waals surface area contributed by atoms with Gasteiger partial charge in [0.05, 0.1) is 6.61 Å². The van der Waals surface area contributed by atoms with Crippen LogP contribution in [0.5, 0.6) is 0 Å². The van der Waals surface area contributed by atoms with Crippen LogP contribution in [-0.2, 0) is 0 Å². The number of aliphatic hydroxyl groups excluding tert-OH is 3. The summed E-state index contributed by atoms with van der Waals surface area (Å²) < 4.78 is 0. The number of nitrogens with zero attached hydrogens (tertiary/aromatic N) is 1. The first-order valence-electron chi connectivity index (χ1n) is 4.43. The Labute approximate surface area is 90.8 Å². The molecule has 7 nitrogen and oxygen atoms in total. The van der Waals surface area contributed by atoms with E-state index in [2.05, 4.69) is 4.98 Å². The maximum Gasteiger partial charge on any atom is 0.339 e. The van der Waals surface area contributed by atoms with Crippen molar-refractivity contribution in [2.24, 2.45) is 0 Å². The molecule has 88 valence electrons. The molecule has 1 aromatic rings. The molecule has 0 saturated carbocycles. The Morgan fingerprint density at radius 2 is 2.12 bits per heavy atom. The van der Waals surface area contributed by atoms with Crippen LogP contribution in [0.4, 0.5) is 5.82 Å². The molecule has 0 bridgehead atoms. The van der Waals surface area contributed by atoms with Crippen LogP contribution in [0.25, 0.3) is 0 Å². The fourth-order valence-electron chi connectivity index (χ4n) is 1.15. The van der Waals surface area contributed by atoms with Crippen molar-refractivity contribution in [3.8, 4) is 0 Å². The van der Waals surface area contributed by atoms with Gasteiger partial charge in [0.15, 0.2) is 0 Å². The Bertz CT molecular complexity index is 395. The fraction of sp³-hybridized carbons (Fsp3) is 0.333. The summed E-state index contributed by atoms with van der Waals surface area (Å²) in [7, 11) is 0. The molecule has 0 amide bonds. The average molecular weight is 228 g/mol. The van der Waals surface area contributed by atoms with E-state index in [4.69, 9.17) is 15.9 Å². The molecule has 0 aromatic carbocycles. The van der Waals surface area contributed by atoms with Crippen molar-refractivity contribution in [1.82, 2.24) is 4.98 Å². The number of hydrogen-bond acceptors (Lipinski definition) is 6. The lowest BCUT2D eigenvalue weighted by molar-refractivity contribution is -0.0154. The zero-order valence-electron chi connectivity index (χ0n) is 8.24. The predicted octanol–water partition coefficient (Wildman–Crippen LogP) is -1.25. The van der Waals surface area contributed by atoms with E-state index in [1.807, 2.05) is 0 Å². The smallest absolute Gasteiger partial charge is 0.339 e. The lowest BCUT2D eigenvalue weighted by atomic mass is 10.0. The molecule has 1 aromatic heterocycles. The molecular weight excluding hydrogens is 216 g/mol. The number of aromatic carboxylic acids is 1. The van der Waals surface area contributed by atoms with E-state index in [9.17, 15) is 15.0 Å². The maximum absolute atomic E-state index is 10.7. The number of pyridine rings is 1. The van der Waals surface area contributed by atoms with Crippen LogP contribution in [0.3, 0.4) is 0 Å². The van der Waals surface area contributed by atoms with Crippen LogP contribution in [-0.4, -0.2) is 44.1 Å². The van der Waals surface area contributed by atoms with Gasteiger partial charge in [-0.2, -0.15) is 0 Å². The highest BCUT2D eigenvalue weighted by Crippen LogP contribution is 2.19. The molecular formula is C9H12N2O5. The molecule has 16 heavy (non-hydrogen) atoms. The molecule has 2 atom stereocenters. The number of carbonyl (C=O) groups is 1. The number of carboxylic acid groups (broad SMARTS) is 1. The van der Waals surface area contributed by atoms with E-state index >= 15 is 0 Å². The van der Waals surface area contributed by atoms with Gasteiger partial charge in [-0.3, -0.25) is 0 Å². The van der Waals surface area contributed by atoms with E-state index in [1.165, 1.54) is 0 Å². The van der Waals surface area contributed by atoms with Crippen molar-refractivity contribution in [1.29, 1.82) is 0 Å². The largest absolute Gasteiger partial charge is 0.478 e. The number of nitrogen functional groups attached to an aromatic ring is 1. The summed E-state index contributed by atoms with van der Waals surface area (Å²) in [6.45, 7) is -0.645. The van der Waals surface area contributed by atoms with Crippen LogP contribution < -0.4 is 5.73 Å². The highest BCUT2D eigenvalue weighted by Gasteiger charge is 2.20. The van der Waals surface area contributed by atoms with E-state index in [0.717, 1.165) is 12.3 Å². The Balaban J connectivity index is 3.07. The van der Waals surface area contributed by atoms with Crippen molar-refractivity contribution in [2.75, 3.05) is 12.3 Å². The second kappa shape index (κ2) is 4.88. The third kappa shape index (κ3) is 2.45. The quantitative estimate of drug-likeness (QED) is 0.434. The topological polar surface area (TPSA) is 137 Å². The van der Waals surface area contributed by atoms with E-state index < -0.39 is 24.8 Å². The third-order valence-electron chi connectivity index (χ3n) is 2.06. The van der Waals surface area contributed by atoms with Crippen molar-refractivity contribution in [2.45, 2.75) is 12.2 Å². The predicted molar refractivity (Wildman–Crippen MR) is 53.7 cm³/mol. The lowest BCUT2D eigenvalue weighted by Gasteiger charge is -2.16. The third-order valence-corrected chi connectivity index (χ3v) is 2.06. The minimum Gasteiger partial charge on any atom is -0.478 e. The molecule has 1 heterocycles. The van der Waals surface area contributed by atoms with Crippen LogP contribution in [0, 0.1) is 0 Å². The van der Waals surface area contributed by atoms with Gasteiger partial charge >= 0.3 is 5.97 Å². The van der Waals surface area contributed by atoms with E-state index in [0.29, 0.717) is 0 Å². The summed E-state index contributed by atoms with van der Waals surface area (Å²) in [4.78, 5) is 14.3. The number of carboxylic acids is 1. The highest BCUT2D eigenvalue weighted by molar-refractivity contribution is 5.92. The molecule has 2 unspecified atom stereocenters. The first-order valence-corrected chi connectivity index (χ1v) is 4.43. The number of aromatic nitrogens is 1. The number of anilines is 1. The summed E-state index contributed by atoms with van der Waals surface area (Å²) in [6.07, 6.45) is -1.66.